The minimum Gasteiger partial charge on any atom is -0.480 e. The van der Waals surface area contributed by atoms with Gasteiger partial charge in [0, 0.05) is 11.3 Å². The highest BCUT2D eigenvalue weighted by Crippen LogP contribution is 2.31. The van der Waals surface area contributed by atoms with E-state index >= 15 is 0 Å². The van der Waals surface area contributed by atoms with Crippen molar-refractivity contribution in [1.82, 2.24) is 10.3 Å². The summed E-state index contributed by atoms with van der Waals surface area (Å²) in [7, 11) is 0. The predicted molar refractivity (Wildman–Crippen MR) is 113 cm³/mol. The van der Waals surface area contributed by atoms with Crippen molar-refractivity contribution in [3.8, 4) is 10.6 Å². The number of carbonyl (C=O) groups excluding carboxylic acids is 1. The number of aliphatic carboxylic acids is 1. The smallest absolute Gasteiger partial charge is 0.326 e. The van der Waals surface area contributed by atoms with Gasteiger partial charge in [0.05, 0.1) is 10.2 Å². The molecule has 3 rings (SSSR count). The molecule has 0 saturated carbocycles. The highest BCUT2D eigenvalue weighted by molar-refractivity contribution is 7.21. The van der Waals surface area contributed by atoms with Crippen molar-refractivity contribution >= 4 is 39.2 Å². The second kappa shape index (κ2) is 8.39. The van der Waals surface area contributed by atoms with Crippen molar-refractivity contribution in [3.05, 3.63) is 48.0 Å². The Morgan fingerprint density at radius 1 is 1.21 bits per heavy atom. The molecule has 146 valence electrons. The standard InChI is InChI=1S/C21H23N3O3S/c1-4-12(2)18(20(25)26)24-21(27)23-15-10-9-14(11-13(15)3)19-22-16-7-5-6-8-17(16)28-19/h5-12,18H,4H2,1-3H3,(H,25,26)(H2,23,24,27). The maximum absolute atomic E-state index is 12.3. The van der Waals surface area contributed by atoms with Crippen LogP contribution in [-0.2, 0) is 4.79 Å². The number of amides is 2. The summed E-state index contributed by atoms with van der Waals surface area (Å²) in [6.45, 7) is 5.60. The predicted octanol–water partition coefficient (Wildman–Crippen LogP) is 4.89. The van der Waals surface area contributed by atoms with Crippen LogP contribution in [-0.4, -0.2) is 28.1 Å². The molecule has 0 saturated heterocycles. The van der Waals surface area contributed by atoms with Crippen LogP contribution in [0.2, 0.25) is 0 Å². The number of hydrogen-bond acceptors (Lipinski definition) is 4. The summed E-state index contributed by atoms with van der Waals surface area (Å²) in [6, 6.07) is 12.2. The molecule has 1 aromatic heterocycles. The van der Waals surface area contributed by atoms with Crippen molar-refractivity contribution in [2.24, 2.45) is 5.92 Å². The number of carboxylic acid groups (broad SMARTS) is 1. The summed E-state index contributed by atoms with van der Waals surface area (Å²) in [5.41, 5.74) is 3.46. The third-order valence-corrected chi connectivity index (χ3v) is 5.87. The van der Waals surface area contributed by atoms with E-state index in [9.17, 15) is 14.7 Å². The average Bonchev–Trinajstić information content (AvgIpc) is 3.11. The number of benzene rings is 2. The summed E-state index contributed by atoms with van der Waals surface area (Å²) in [4.78, 5) is 28.3. The number of carbonyl (C=O) groups is 2. The van der Waals surface area contributed by atoms with E-state index in [2.05, 4.69) is 15.6 Å². The fraction of sp³-hybridized carbons (Fsp3) is 0.286. The Labute approximate surface area is 167 Å². The van der Waals surface area contributed by atoms with E-state index in [1.165, 1.54) is 0 Å². The fourth-order valence-electron chi connectivity index (χ4n) is 2.92. The zero-order valence-corrected chi connectivity index (χ0v) is 16.8. The van der Waals surface area contributed by atoms with Gasteiger partial charge < -0.3 is 15.7 Å². The van der Waals surface area contributed by atoms with Crippen molar-refractivity contribution in [3.63, 3.8) is 0 Å². The Balaban J connectivity index is 1.75. The molecule has 7 heteroatoms. The van der Waals surface area contributed by atoms with Crippen LogP contribution in [0.4, 0.5) is 10.5 Å². The van der Waals surface area contributed by atoms with Gasteiger partial charge in [0.2, 0.25) is 0 Å². The molecule has 0 bridgehead atoms. The number of nitrogens with one attached hydrogen (secondary N) is 2. The molecule has 2 atom stereocenters. The van der Waals surface area contributed by atoms with Crippen LogP contribution in [0, 0.1) is 12.8 Å². The van der Waals surface area contributed by atoms with Gasteiger partial charge in [-0.1, -0.05) is 32.4 Å². The van der Waals surface area contributed by atoms with Crippen molar-refractivity contribution < 1.29 is 14.7 Å². The Morgan fingerprint density at radius 2 is 1.96 bits per heavy atom. The monoisotopic (exact) mass is 397 g/mol. The van der Waals surface area contributed by atoms with E-state index < -0.39 is 18.0 Å². The van der Waals surface area contributed by atoms with Gasteiger partial charge in [0.15, 0.2) is 0 Å². The number of carboxylic acids is 1. The normalized spacial score (nSPS) is 13.1. The van der Waals surface area contributed by atoms with E-state index in [4.69, 9.17) is 0 Å². The SMILES string of the molecule is CCC(C)C(NC(=O)Nc1ccc(-c2nc3ccccc3s2)cc1C)C(=O)O. The molecule has 0 aliphatic carbocycles. The molecule has 0 fully saturated rings. The summed E-state index contributed by atoms with van der Waals surface area (Å²) in [5, 5.41) is 15.5. The number of urea groups is 1. The zero-order valence-electron chi connectivity index (χ0n) is 16.0. The van der Waals surface area contributed by atoms with Gasteiger partial charge in [-0.25, -0.2) is 14.6 Å². The molecule has 1 heterocycles. The second-order valence-electron chi connectivity index (χ2n) is 6.82. The third-order valence-electron chi connectivity index (χ3n) is 4.78. The lowest BCUT2D eigenvalue weighted by Crippen LogP contribution is -2.46. The van der Waals surface area contributed by atoms with Crippen molar-refractivity contribution in [1.29, 1.82) is 0 Å². The molecule has 3 aromatic rings. The molecule has 3 N–H and O–H groups in total. The first-order valence-electron chi connectivity index (χ1n) is 9.16. The van der Waals surface area contributed by atoms with E-state index in [0.717, 1.165) is 26.4 Å². The molecule has 0 aliphatic heterocycles. The number of thiazole rings is 1. The Hall–Kier alpha value is -2.93. The number of hydrogen-bond donors (Lipinski definition) is 3. The lowest BCUT2D eigenvalue weighted by molar-refractivity contribution is -0.140. The average molecular weight is 398 g/mol. The molecule has 0 radical (unpaired) electrons. The first-order valence-corrected chi connectivity index (χ1v) is 9.97. The molecule has 6 nitrogen and oxygen atoms in total. The Bertz CT molecular complexity index is 982. The van der Waals surface area contributed by atoms with E-state index in [-0.39, 0.29) is 5.92 Å². The number of anilines is 1. The lowest BCUT2D eigenvalue weighted by Gasteiger charge is -2.20. The Morgan fingerprint density at radius 3 is 2.61 bits per heavy atom. The number of rotatable bonds is 6. The van der Waals surface area contributed by atoms with Crippen LogP contribution < -0.4 is 10.6 Å². The van der Waals surface area contributed by atoms with Crippen molar-refractivity contribution in [2.45, 2.75) is 33.2 Å². The zero-order chi connectivity index (χ0) is 20.3. The molecule has 0 spiro atoms. The summed E-state index contributed by atoms with van der Waals surface area (Å²) in [5.74, 6) is -1.20. The third kappa shape index (κ3) is 4.31. The second-order valence-corrected chi connectivity index (χ2v) is 7.85. The quantitative estimate of drug-likeness (QED) is 0.552. The van der Waals surface area contributed by atoms with Crippen LogP contribution in [0.1, 0.15) is 25.8 Å². The highest BCUT2D eigenvalue weighted by Gasteiger charge is 2.25. The summed E-state index contributed by atoms with van der Waals surface area (Å²) >= 11 is 1.62. The first-order chi connectivity index (χ1) is 13.4. The largest absolute Gasteiger partial charge is 0.480 e. The summed E-state index contributed by atoms with van der Waals surface area (Å²) < 4.78 is 1.13. The molecule has 2 amide bonds. The number of nitrogens with zero attached hydrogens (tertiary/aromatic N) is 1. The number of fused-ring (bicyclic) bond motifs is 1. The topological polar surface area (TPSA) is 91.3 Å². The molecule has 2 unspecified atom stereocenters. The van der Waals surface area contributed by atoms with Crippen LogP contribution in [0.15, 0.2) is 42.5 Å². The maximum Gasteiger partial charge on any atom is 0.326 e. The molecule has 0 aliphatic rings. The van der Waals surface area contributed by atoms with Crippen LogP contribution in [0.5, 0.6) is 0 Å². The van der Waals surface area contributed by atoms with Gasteiger partial charge >= 0.3 is 12.0 Å². The summed E-state index contributed by atoms with van der Waals surface area (Å²) in [6.07, 6.45) is 0.660. The Kier molecular flexibility index (Phi) is 5.94. The maximum atomic E-state index is 12.3. The van der Waals surface area contributed by atoms with Gasteiger partial charge in [0.25, 0.3) is 0 Å². The van der Waals surface area contributed by atoms with Gasteiger partial charge in [-0.3, -0.25) is 0 Å². The van der Waals surface area contributed by atoms with Gasteiger partial charge in [-0.2, -0.15) is 0 Å². The number of aryl methyl sites for hydroxylation is 1. The molecular formula is C21H23N3O3S. The van der Waals surface area contributed by atoms with Crippen LogP contribution >= 0.6 is 11.3 Å². The van der Waals surface area contributed by atoms with Crippen LogP contribution in [0.25, 0.3) is 20.8 Å². The van der Waals surface area contributed by atoms with Gasteiger partial charge in [-0.05, 0) is 48.7 Å². The fourth-order valence-corrected chi connectivity index (χ4v) is 3.88. The minimum absolute atomic E-state index is 0.161. The van der Waals surface area contributed by atoms with Crippen molar-refractivity contribution in [2.75, 3.05) is 5.32 Å². The number of aromatic nitrogens is 1. The van der Waals surface area contributed by atoms with E-state index in [0.29, 0.717) is 12.1 Å². The van der Waals surface area contributed by atoms with Gasteiger partial charge in [-0.15, -0.1) is 11.3 Å². The van der Waals surface area contributed by atoms with E-state index in [1.54, 1.807) is 18.3 Å². The van der Waals surface area contributed by atoms with Crippen LogP contribution in [0.3, 0.4) is 0 Å². The molecular weight excluding hydrogens is 374 g/mol. The molecule has 2 aromatic carbocycles. The minimum atomic E-state index is -1.03. The lowest BCUT2D eigenvalue weighted by atomic mass is 9.99. The first kappa shape index (κ1) is 19.8. The highest BCUT2D eigenvalue weighted by atomic mass is 32.1. The van der Waals surface area contributed by atoms with E-state index in [1.807, 2.05) is 56.3 Å². The van der Waals surface area contributed by atoms with Gasteiger partial charge in [0.1, 0.15) is 11.0 Å². The number of para-hydroxylation sites is 1. The molecule has 28 heavy (non-hydrogen) atoms.